The molecule has 0 spiro atoms. The number of benzene rings is 6. The summed E-state index contributed by atoms with van der Waals surface area (Å²) in [6.45, 7) is 0. The highest BCUT2D eigenvalue weighted by Crippen LogP contribution is 2.40. The lowest BCUT2D eigenvalue weighted by Gasteiger charge is -2.23. The van der Waals surface area contributed by atoms with E-state index in [4.69, 9.17) is 4.74 Å². The molecule has 1 nitrogen and oxygen atoms in total. The lowest BCUT2D eigenvalue weighted by Crippen LogP contribution is -2.05. The monoisotopic (exact) mass is 424 g/mol. The largest absolute Gasteiger partial charge is 0.497 e. The molecule has 0 unspecified atom stereocenters. The summed E-state index contributed by atoms with van der Waals surface area (Å²) >= 11 is 0. The zero-order valence-corrected chi connectivity index (χ0v) is 18.5. The average molecular weight is 425 g/mol. The zero-order valence-electron chi connectivity index (χ0n) is 18.5. The lowest BCUT2D eigenvalue weighted by molar-refractivity contribution is 0.415. The molecule has 0 atom stereocenters. The first kappa shape index (κ1) is 19.6. The van der Waals surface area contributed by atoms with Crippen molar-refractivity contribution < 1.29 is 4.74 Å². The molecule has 0 aliphatic rings. The first-order valence-electron chi connectivity index (χ1n) is 11.3. The van der Waals surface area contributed by atoms with E-state index in [2.05, 4.69) is 115 Å². The van der Waals surface area contributed by atoms with Crippen molar-refractivity contribution in [3.63, 3.8) is 0 Å². The van der Waals surface area contributed by atoms with Crippen molar-refractivity contribution in [2.24, 2.45) is 0 Å². The third-order valence-corrected chi connectivity index (χ3v) is 6.67. The Morgan fingerprint density at radius 1 is 0.485 bits per heavy atom. The van der Waals surface area contributed by atoms with Crippen molar-refractivity contribution in [1.82, 2.24) is 0 Å². The number of methoxy groups -OCH3 is 1. The van der Waals surface area contributed by atoms with Crippen LogP contribution < -0.4 is 4.74 Å². The van der Waals surface area contributed by atoms with Crippen molar-refractivity contribution in [3.05, 3.63) is 138 Å². The van der Waals surface area contributed by atoms with Gasteiger partial charge >= 0.3 is 0 Å². The van der Waals surface area contributed by atoms with Crippen molar-refractivity contribution in [3.8, 4) is 5.75 Å². The Hall–Kier alpha value is -4.10. The third-order valence-electron chi connectivity index (χ3n) is 6.67. The fraction of sp³-hybridized carbons (Fsp3) is 0.0625. The van der Waals surface area contributed by atoms with Gasteiger partial charge < -0.3 is 4.74 Å². The van der Waals surface area contributed by atoms with E-state index in [1.165, 1.54) is 49.0 Å². The number of ether oxygens (including phenoxy) is 1. The SMILES string of the molecule is COc1ccc2cc(C(c3cccc4ccccc34)c3cccc4ccccc34)ccc2c1. The molecule has 6 aromatic carbocycles. The Labute approximate surface area is 193 Å². The molecule has 0 amide bonds. The van der Waals surface area contributed by atoms with Crippen LogP contribution in [0, 0.1) is 0 Å². The molecule has 158 valence electrons. The second kappa shape index (κ2) is 8.11. The summed E-state index contributed by atoms with van der Waals surface area (Å²) in [5, 5.41) is 7.54. The van der Waals surface area contributed by atoms with Crippen molar-refractivity contribution in [2.45, 2.75) is 5.92 Å². The molecule has 0 aliphatic carbocycles. The molecule has 0 radical (unpaired) electrons. The van der Waals surface area contributed by atoms with Crippen LogP contribution in [0.25, 0.3) is 32.3 Å². The van der Waals surface area contributed by atoms with Gasteiger partial charge in [0.05, 0.1) is 7.11 Å². The van der Waals surface area contributed by atoms with E-state index in [9.17, 15) is 0 Å². The molecular weight excluding hydrogens is 400 g/mol. The summed E-state index contributed by atoms with van der Waals surface area (Å²) in [4.78, 5) is 0. The highest BCUT2D eigenvalue weighted by Gasteiger charge is 2.21. The highest BCUT2D eigenvalue weighted by atomic mass is 16.5. The lowest BCUT2D eigenvalue weighted by atomic mass is 9.80. The molecule has 0 fully saturated rings. The number of hydrogen-bond donors (Lipinski definition) is 0. The minimum Gasteiger partial charge on any atom is -0.497 e. The van der Waals surface area contributed by atoms with E-state index in [0.717, 1.165) is 5.75 Å². The van der Waals surface area contributed by atoms with Gasteiger partial charge in [0, 0.05) is 5.92 Å². The highest BCUT2D eigenvalue weighted by molar-refractivity contribution is 5.92. The second-order valence-electron chi connectivity index (χ2n) is 8.54. The normalized spacial score (nSPS) is 11.5. The fourth-order valence-corrected chi connectivity index (χ4v) is 5.08. The molecule has 0 bridgehead atoms. The summed E-state index contributed by atoms with van der Waals surface area (Å²) < 4.78 is 5.44. The smallest absolute Gasteiger partial charge is 0.119 e. The van der Waals surface area contributed by atoms with Gasteiger partial charge in [0.2, 0.25) is 0 Å². The van der Waals surface area contributed by atoms with E-state index in [1.54, 1.807) is 7.11 Å². The van der Waals surface area contributed by atoms with E-state index in [0.29, 0.717) is 0 Å². The maximum atomic E-state index is 5.44. The van der Waals surface area contributed by atoms with Gasteiger partial charge in [0.1, 0.15) is 5.75 Å². The third kappa shape index (κ3) is 3.43. The van der Waals surface area contributed by atoms with Crippen LogP contribution in [0.2, 0.25) is 0 Å². The molecule has 0 aliphatic heterocycles. The van der Waals surface area contributed by atoms with Gasteiger partial charge in [-0.05, 0) is 61.1 Å². The Kier molecular flexibility index (Phi) is 4.81. The van der Waals surface area contributed by atoms with Crippen LogP contribution in [-0.2, 0) is 0 Å². The quantitative estimate of drug-likeness (QED) is 0.258. The van der Waals surface area contributed by atoms with Crippen LogP contribution in [0.4, 0.5) is 0 Å². The Morgan fingerprint density at radius 2 is 1.03 bits per heavy atom. The number of hydrogen-bond acceptors (Lipinski definition) is 1. The maximum Gasteiger partial charge on any atom is 0.119 e. The topological polar surface area (TPSA) is 9.23 Å². The minimum absolute atomic E-state index is 0.119. The minimum atomic E-state index is 0.119. The molecule has 0 heterocycles. The molecule has 0 saturated carbocycles. The summed E-state index contributed by atoms with van der Waals surface area (Å²) in [7, 11) is 1.71. The van der Waals surface area contributed by atoms with Gasteiger partial charge in [0.15, 0.2) is 0 Å². The molecule has 6 aromatic rings. The fourth-order valence-electron chi connectivity index (χ4n) is 5.08. The maximum absolute atomic E-state index is 5.44. The van der Waals surface area contributed by atoms with E-state index in [-0.39, 0.29) is 5.92 Å². The molecule has 0 N–H and O–H groups in total. The predicted molar refractivity (Wildman–Crippen MR) is 139 cm³/mol. The van der Waals surface area contributed by atoms with Crippen LogP contribution in [0.3, 0.4) is 0 Å². The second-order valence-corrected chi connectivity index (χ2v) is 8.54. The molecule has 0 saturated heterocycles. The number of rotatable bonds is 4. The Bertz CT molecular complexity index is 1520. The summed E-state index contributed by atoms with van der Waals surface area (Å²) in [6, 6.07) is 43.8. The van der Waals surface area contributed by atoms with Gasteiger partial charge in [-0.15, -0.1) is 0 Å². The van der Waals surface area contributed by atoms with Crippen LogP contribution in [0.15, 0.2) is 121 Å². The first-order valence-corrected chi connectivity index (χ1v) is 11.3. The van der Waals surface area contributed by atoms with Crippen LogP contribution in [0.5, 0.6) is 5.75 Å². The van der Waals surface area contributed by atoms with Gasteiger partial charge in [-0.25, -0.2) is 0 Å². The zero-order chi connectivity index (χ0) is 22.2. The molecular formula is C32H24O. The average Bonchev–Trinajstić information content (AvgIpc) is 2.89. The number of fused-ring (bicyclic) bond motifs is 3. The molecule has 0 aromatic heterocycles. The standard InChI is InChI=1S/C32H24O/c1-33-27-19-18-24-20-26(17-16-25(24)21-27)32(30-14-6-10-22-8-2-4-12-28(22)30)31-15-7-11-23-9-3-5-13-29(23)31/h2-21,32H,1H3. The van der Waals surface area contributed by atoms with E-state index >= 15 is 0 Å². The van der Waals surface area contributed by atoms with E-state index in [1.807, 2.05) is 6.07 Å². The van der Waals surface area contributed by atoms with Gasteiger partial charge in [-0.3, -0.25) is 0 Å². The van der Waals surface area contributed by atoms with Crippen LogP contribution in [0.1, 0.15) is 22.6 Å². The molecule has 33 heavy (non-hydrogen) atoms. The van der Waals surface area contributed by atoms with Gasteiger partial charge in [-0.2, -0.15) is 0 Å². The van der Waals surface area contributed by atoms with Crippen molar-refractivity contribution in [1.29, 1.82) is 0 Å². The Balaban J connectivity index is 1.65. The molecule has 6 rings (SSSR count). The van der Waals surface area contributed by atoms with Crippen molar-refractivity contribution >= 4 is 32.3 Å². The van der Waals surface area contributed by atoms with Gasteiger partial charge in [0.25, 0.3) is 0 Å². The summed E-state index contributed by atoms with van der Waals surface area (Å²) in [5.74, 6) is 1.00. The van der Waals surface area contributed by atoms with Gasteiger partial charge in [-0.1, -0.05) is 109 Å². The Morgan fingerprint density at radius 3 is 1.67 bits per heavy atom. The predicted octanol–water partition coefficient (Wildman–Crippen LogP) is 8.34. The van der Waals surface area contributed by atoms with E-state index < -0.39 is 0 Å². The summed E-state index contributed by atoms with van der Waals surface area (Å²) in [6.07, 6.45) is 0. The first-order chi connectivity index (χ1) is 16.3. The summed E-state index contributed by atoms with van der Waals surface area (Å²) in [5.41, 5.74) is 3.95. The molecule has 1 heteroatoms. The van der Waals surface area contributed by atoms with Crippen LogP contribution in [-0.4, -0.2) is 7.11 Å². The van der Waals surface area contributed by atoms with Crippen molar-refractivity contribution in [2.75, 3.05) is 7.11 Å². The van der Waals surface area contributed by atoms with Crippen LogP contribution >= 0.6 is 0 Å².